The van der Waals surface area contributed by atoms with E-state index in [-0.39, 0.29) is 5.60 Å². The van der Waals surface area contributed by atoms with Gasteiger partial charge < -0.3 is 5.11 Å². The van der Waals surface area contributed by atoms with Crippen molar-refractivity contribution in [3.63, 3.8) is 0 Å². The third-order valence-electron chi connectivity index (χ3n) is 3.75. The third-order valence-corrected chi connectivity index (χ3v) is 5.33. The van der Waals surface area contributed by atoms with Crippen LogP contribution in [0.3, 0.4) is 0 Å². The Morgan fingerprint density at radius 1 is 1.20 bits per heavy atom. The van der Waals surface area contributed by atoms with Crippen molar-refractivity contribution in [1.29, 1.82) is 0 Å². The van der Waals surface area contributed by atoms with Crippen LogP contribution in [0.15, 0.2) is 0 Å². The molecule has 0 aromatic carbocycles. The van der Waals surface area contributed by atoms with E-state index in [4.69, 9.17) is 0 Å². The molecule has 2 bridgehead atoms. The predicted octanol–water partition coefficient (Wildman–Crippen LogP) is 3.60. The van der Waals surface area contributed by atoms with E-state index in [1.807, 2.05) is 0 Å². The summed E-state index contributed by atoms with van der Waals surface area (Å²) in [6.07, 6.45) is 6.92. The quantitative estimate of drug-likeness (QED) is 0.779. The summed E-state index contributed by atoms with van der Waals surface area (Å²) >= 11 is 2.13. The van der Waals surface area contributed by atoms with Gasteiger partial charge in [0.1, 0.15) is 0 Å². The van der Waals surface area contributed by atoms with Crippen LogP contribution >= 0.6 is 11.8 Å². The second-order valence-electron chi connectivity index (χ2n) is 6.65. The molecule has 0 aromatic rings. The van der Waals surface area contributed by atoms with Crippen molar-refractivity contribution in [3.05, 3.63) is 0 Å². The maximum Gasteiger partial charge on any atom is 0.0669 e. The molecule has 1 nitrogen and oxygen atoms in total. The lowest BCUT2D eigenvalue weighted by molar-refractivity contribution is 0.00574. The minimum atomic E-state index is -0.329. The molecule has 2 atom stereocenters. The summed E-state index contributed by atoms with van der Waals surface area (Å²) in [4.78, 5) is 0. The summed E-state index contributed by atoms with van der Waals surface area (Å²) in [7, 11) is 0. The van der Waals surface area contributed by atoms with Crippen LogP contribution < -0.4 is 0 Å². The molecule has 0 saturated carbocycles. The number of hydrogen-bond acceptors (Lipinski definition) is 2. The molecule has 2 aliphatic heterocycles. The van der Waals surface area contributed by atoms with Gasteiger partial charge in [0, 0.05) is 10.5 Å². The van der Waals surface area contributed by atoms with Gasteiger partial charge in [-0.3, -0.25) is 0 Å². The average molecular weight is 228 g/mol. The van der Waals surface area contributed by atoms with Gasteiger partial charge in [0.2, 0.25) is 0 Å². The normalized spacial score (nSPS) is 40.8. The fraction of sp³-hybridized carbons (Fsp3) is 1.00. The van der Waals surface area contributed by atoms with E-state index in [1.54, 1.807) is 0 Å². The van der Waals surface area contributed by atoms with E-state index >= 15 is 0 Å². The molecule has 2 fully saturated rings. The average Bonchev–Trinajstić information content (AvgIpc) is 2.42. The predicted molar refractivity (Wildman–Crippen MR) is 67.3 cm³/mol. The van der Waals surface area contributed by atoms with Gasteiger partial charge >= 0.3 is 0 Å². The van der Waals surface area contributed by atoms with Gasteiger partial charge in [-0.05, 0) is 43.9 Å². The first kappa shape index (κ1) is 11.8. The van der Waals surface area contributed by atoms with E-state index in [1.165, 1.54) is 12.8 Å². The summed E-state index contributed by atoms with van der Waals surface area (Å²) in [5.41, 5.74) is 0.0315. The number of rotatable bonds is 2. The smallest absolute Gasteiger partial charge is 0.0669 e. The van der Waals surface area contributed by atoms with Gasteiger partial charge in [-0.15, -0.1) is 0 Å². The van der Waals surface area contributed by atoms with Gasteiger partial charge in [-0.1, -0.05) is 20.8 Å². The van der Waals surface area contributed by atoms with E-state index in [0.717, 1.165) is 36.2 Å². The van der Waals surface area contributed by atoms with Crippen molar-refractivity contribution >= 4 is 11.8 Å². The lowest BCUT2D eigenvalue weighted by Gasteiger charge is -2.37. The first-order valence-electron chi connectivity index (χ1n) is 6.24. The highest BCUT2D eigenvalue weighted by Crippen LogP contribution is 2.49. The van der Waals surface area contributed by atoms with E-state index in [2.05, 4.69) is 32.5 Å². The first-order valence-corrected chi connectivity index (χ1v) is 7.19. The molecule has 0 amide bonds. The molecule has 0 spiro atoms. The molecule has 0 radical (unpaired) electrons. The Labute approximate surface area is 98.0 Å². The van der Waals surface area contributed by atoms with Gasteiger partial charge in [0.25, 0.3) is 0 Å². The van der Waals surface area contributed by atoms with Crippen LogP contribution in [0, 0.1) is 5.41 Å². The maximum atomic E-state index is 10.6. The van der Waals surface area contributed by atoms with Crippen LogP contribution in [0.25, 0.3) is 0 Å². The van der Waals surface area contributed by atoms with E-state index < -0.39 is 0 Å². The maximum absolute atomic E-state index is 10.6. The van der Waals surface area contributed by atoms with Crippen LogP contribution in [0.5, 0.6) is 0 Å². The van der Waals surface area contributed by atoms with Crippen LogP contribution in [0.1, 0.15) is 59.3 Å². The fourth-order valence-corrected chi connectivity index (χ4v) is 4.72. The van der Waals surface area contributed by atoms with Gasteiger partial charge in [-0.2, -0.15) is 11.8 Å². The molecule has 2 heterocycles. The molecular weight excluding hydrogens is 204 g/mol. The Kier molecular flexibility index (Phi) is 3.11. The monoisotopic (exact) mass is 228 g/mol. The Hall–Kier alpha value is 0.310. The second-order valence-corrected chi connectivity index (χ2v) is 8.26. The zero-order valence-corrected chi connectivity index (χ0v) is 11.1. The number of fused-ring (bicyclic) bond motifs is 2. The molecule has 0 aliphatic carbocycles. The number of hydrogen-bond donors (Lipinski definition) is 1. The molecule has 88 valence electrons. The van der Waals surface area contributed by atoms with Crippen LogP contribution in [0.2, 0.25) is 0 Å². The first-order chi connectivity index (χ1) is 6.86. The van der Waals surface area contributed by atoms with Crippen molar-refractivity contribution in [2.75, 3.05) is 0 Å². The van der Waals surface area contributed by atoms with E-state index in [0.29, 0.717) is 5.41 Å². The molecule has 1 N–H and O–H groups in total. The highest BCUT2D eigenvalue weighted by molar-refractivity contribution is 8.00. The van der Waals surface area contributed by atoms with Crippen LogP contribution in [-0.2, 0) is 0 Å². The minimum absolute atomic E-state index is 0.329. The Morgan fingerprint density at radius 2 is 1.73 bits per heavy atom. The van der Waals surface area contributed by atoms with Crippen molar-refractivity contribution in [3.8, 4) is 0 Å². The van der Waals surface area contributed by atoms with Gasteiger partial charge in [-0.25, -0.2) is 0 Å². The molecular formula is C13H24OS. The molecule has 2 unspecified atom stereocenters. The van der Waals surface area contributed by atoms with E-state index in [9.17, 15) is 5.11 Å². The second kappa shape index (κ2) is 3.96. The van der Waals surface area contributed by atoms with Crippen molar-refractivity contribution in [2.45, 2.75) is 75.4 Å². The van der Waals surface area contributed by atoms with Gasteiger partial charge in [0.15, 0.2) is 0 Å². The topological polar surface area (TPSA) is 20.2 Å². The van der Waals surface area contributed by atoms with Crippen molar-refractivity contribution in [2.24, 2.45) is 5.41 Å². The van der Waals surface area contributed by atoms with Crippen molar-refractivity contribution in [1.82, 2.24) is 0 Å². The molecule has 15 heavy (non-hydrogen) atoms. The lowest BCUT2D eigenvalue weighted by Crippen LogP contribution is -2.38. The number of aliphatic hydroxyl groups is 1. The summed E-state index contributed by atoms with van der Waals surface area (Å²) in [5.74, 6) is 0. The van der Waals surface area contributed by atoms with Gasteiger partial charge in [0.05, 0.1) is 5.60 Å². The zero-order chi connectivity index (χ0) is 11.1. The highest BCUT2D eigenvalue weighted by Gasteiger charge is 2.43. The molecule has 2 heteroatoms. The SMILES string of the molecule is CC(C)(C)CCC1(O)CC2CCC(C1)S2. The lowest BCUT2D eigenvalue weighted by atomic mass is 9.81. The highest BCUT2D eigenvalue weighted by atomic mass is 32.2. The third kappa shape index (κ3) is 3.13. The Balaban J connectivity index is 1.90. The molecule has 2 aliphatic rings. The largest absolute Gasteiger partial charge is 0.390 e. The van der Waals surface area contributed by atoms with Crippen LogP contribution in [0.4, 0.5) is 0 Å². The molecule has 2 rings (SSSR count). The number of thioether (sulfide) groups is 1. The van der Waals surface area contributed by atoms with Crippen LogP contribution in [-0.4, -0.2) is 21.2 Å². The molecule has 0 aromatic heterocycles. The fourth-order valence-electron chi connectivity index (χ4n) is 2.82. The summed E-state index contributed by atoms with van der Waals surface area (Å²) in [6.45, 7) is 6.80. The zero-order valence-electron chi connectivity index (χ0n) is 10.3. The minimum Gasteiger partial charge on any atom is -0.390 e. The Morgan fingerprint density at radius 3 is 2.20 bits per heavy atom. The molecule has 2 saturated heterocycles. The summed E-state index contributed by atoms with van der Waals surface area (Å²) < 4.78 is 0. The standard InChI is InChI=1S/C13H24OS/c1-12(2,3)6-7-13(14)8-10-4-5-11(9-13)15-10/h10-11,14H,4-9H2,1-3H3. The summed E-state index contributed by atoms with van der Waals surface area (Å²) in [6, 6.07) is 0. The Bertz CT molecular complexity index is 219. The summed E-state index contributed by atoms with van der Waals surface area (Å²) in [5, 5.41) is 12.1. The van der Waals surface area contributed by atoms with Crippen molar-refractivity contribution < 1.29 is 5.11 Å².